The van der Waals surface area contributed by atoms with E-state index in [1.165, 1.54) is 27.9 Å². The molecule has 4 rings (SSSR count). The summed E-state index contributed by atoms with van der Waals surface area (Å²) in [4.78, 5) is 2.47. The van der Waals surface area contributed by atoms with Crippen LogP contribution in [0.15, 0.2) is 78.9 Å². The summed E-state index contributed by atoms with van der Waals surface area (Å²) in [5.74, 6) is 0. The van der Waals surface area contributed by atoms with Crippen molar-refractivity contribution in [3.63, 3.8) is 0 Å². The molecule has 0 saturated heterocycles. The largest absolute Gasteiger partial charge is 0.362 e. The van der Waals surface area contributed by atoms with Gasteiger partial charge in [0.25, 0.3) is 0 Å². The van der Waals surface area contributed by atoms with Crippen LogP contribution in [0.1, 0.15) is 11.1 Å². The van der Waals surface area contributed by atoms with Gasteiger partial charge in [0, 0.05) is 24.3 Å². The smallest absolute Gasteiger partial charge is 0.0452 e. The third-order valence-electron chi connectivity index (χ3n) is 4.13. The number of rotatable bonds is 2. The number of hydrogen-bond acceptors (Lipinski definition) is 1. The molecule has 0 N–H and O–H groups in total. The molecule has 0 aromatic heterocycles. The van der Waals surface area contributed by atoms with Crippen LogP contribution in [0, 0.1) is 0 Å². The Bertz CT molecular complexity index is 760. The van der Waals surface area contributed by atoms with E-state index >= 15 is 0 Å². The predicted molar refractivity (Wildman–Crippen MR) is 88.2 cm³/mol. The van der Waals surface area contributed by atoms with Gasteiger partial charge in [-0.2, -0.15) is 0 Å². The highest BCUT2D eigenvalue weighted by molar-refractivity contribution is 5.83. The van der Waals surface area contributed by atoms with Crippen molar-refractivity contribution in [3.8, 4) is 11.1 Å². The fourth-order valence-electron chi connectivity index (χ4n) is 3.13. The fraction of sp³-hybridized carbons (Fsp3) is 0.100. The van der Waals surface area contributed by atoms with Gasteiger partial charge in [0.2, 0.25) is 0 Å². The van der Waals surface area contributed by atoms with E-state index in [1.54, 1.807) is 0 Å². The van der Waals surface area contributed by atoms with Crippen LogP contribution in [0.4, 0.5) is 5.69 Å². The molecule has 0 radical (unpaired) electrons. The SMILES string of the molecule is c1ccc(CN2Cc3ccccc3-c3ccccc32)cc1. The second-order valence-corrected chi connectivity index (χ2v) is 5.52. The Balaban J connectivity index is 1.78. The molecular weight excluding hydrogens is 254 g/mol. The van der Waals surface area contributed by atoms with Crippen LogP contribution in [0.25, 0.3) is 11.1 Å². The van der Waals surface area contributed by atoms with E-state index in [2.05, 4.69) is 83.8 Å². The minimum atomic E-state index is 0.951. The molecule has 102 valence electrons. The van der Waals surface area contributed by atoms with Crippen LogP contribution < -0.4 is 4.90 Å². The molecule has 3 aromatic carbocycles. The summed E-state index contributed by atoms with van der Waals surface area (Å²) in [5.41, 5.74) is 6.81. The van der Waals surface area contributed by atoms with Gasteiger partial charge in [-0.3, -0.25) is 0 Å². The van der Waals surface area contributed by atoms with E-state index in [-0.39, 0.29) is 0 Å². The number of hydrogen-bond donors (Lipinski definition) is 0. The van der Waals surface area contributed by atoms with Crippen LogP contribution in [0.5, 0.6) is 0 Å². The van der Waals surface area contributed by atoms with E-state index in [0.29, 0.717) is 0 Å². The first-order valence-corrected chi connectivity index (χ1v) is 7.38. The first kappa shape index (κ1) is 12.2. The zero-order valence-corrected chi connectivity index (χ0v) is 11.9. The standard InChI is InChI=1S/C20H17N/c1-2-8-16(9-3-1)14-21-15-17-10-4-5-11-18(17)19-12-6-7-13-20(19)21/h1-13H,14-15H2. The van der Waals surface area contributed by atoms with Gasteiger partial charge in [-0.25, -0.2) is 0 Å². The first-order chi connectivity index (χ1) is 10.4. The molecule has 0 saturated carbocycles. The normalized spacial score (nSPS) is 12.7. The summed E-state index contributed by atoms with van der Waals surface area (Å²) in [6, 6.07) is 28.1. The molecule has 0 atom stereocenters. The van der Waals surface area contributed by atoms with Gasteiger partial charge >= 0.3 is 0 Å². The Hall–Kier alpha value is -2.54. The summed E-state index contributed by atoms with van der Waals surface area (Å²) in [5, 5.41) is 0. The third kappa shape index (κ3) is 2.21. The highest BCUT2D eigenvalue weighted by Crippen LogP contribution is 2.39. The molecule has 3 aromatic rings. The first-order valence-electron chi connectivity index (χ1n) is 7.38. The van der Waals surface area contributed by atoms with Crippen molar-refractivity contribution in [1.29, 1.82) is 0 Å². The minimum absolute atomic E-state index is 0.951. The maximum Gasteiger partial charge on any atom is 0.0452 e. The van der Waals surface area contributed by atoms with Crippen molar-refractivity contribution in [1.82, 2.24) is 0 Å². The maximum absolute atomic E-state index is 2.47. The molecule has 0 bridgehead atoms. The molecule has 0 fully saturated rings. The number of nitrogens with zero attached hydrogens (tertiary/aromatic N) is 1. The monoisotopic (exact) mass is 271 g/mol. The van der Waals surface area contributed by atoms with Crippen molar-refractivity contribution in [2.24, 2.45) is 0 Å². The molecule has 1 aliphatic rings. The molecule has 0 aliphatic carbocycles. The van der Waals surface area contributed by atoms with Gasteiger partial charge < -0.3 is 4.90 Å². The average molecular weight is 271 g/mol. The van der Waals surface area contributed by atoms with E-state index in [9.17, 15) is 0 Å². The average Bonchev–Trinajstić information content (AvgIpc) is 2.56. The maximum atomic E-state index is 2.47. The summed E-state index contributed by atoms with van der Waals surface area (Å²) >= 11 is 0. The topological polar surface area (TPSA) is 3.24 Å². The summed E-state index contributed by atoms with van der Waals surface area (Å²) in [6.45, 7) is 1.92. The van der Waals surface area contributed by atoms with Crippen LogP contribution in [0.3, 0.4) is 0 Å². The van der Waals surface area contributed by atoms with Crippen molar-refractivity contribution in [2.75, 3.05) is 4.90 Å². The second-order valence-electron chi connectivity index (χ2n) is 5.52. The van der Waals surface area contributed by atoms with Gasteiger partial charge in [-0.15, -0.1) is 0 Å². The van der Waals surface area contributed by atoms with Gasteiger partial charge in [0.05, 0.1) is 0 Å². The lowest BCUT2D eigenvalue weighted by Crippen LogP contribution is -2.25. The number of benzene rings is 3. The van der Waals surface area contributed by atoms with Gasteiger partial charge in [-0.05, 0) is 22.8 Å². The lowest BCUT2D eigenvalue weighted by atomic mass is 9.93. The molecule has 1 nitrogen and oxygen atoms in total. The Morgan fingerprint density at radius 2 is 1.33 bits per heavy atom. The van der Waals surface area contributed by atoms with E-state index < -0.39 is 0 Å². The molecule has 0 unspecified atom stereocenters. The Morgan fingerprint density at radius 1 is 0.667 bits per heavy atom. The second kappa shape index (κ2) is 5.10. The van der Waals surface area contributed by atoms with Crippen LogP contribution in [-0.4, -0.2) is 0 Å². The van der Waals surface area contributed by atoms with E-state index in [1.807, 2.05) is 0 Å². The van der Waals surface area contributed by atoms with Crippen molar-refractivity contribution in [3.05, 3.63) is 90.0 Å². The number of anilines is 1. The van der Waals surface area contributed by atoms with E-state index in [0.717, 1.165) is 13.1 Å². The highest BCUT2D eigenvalue weighted by Gasteiger charge is 2.20. The van der Waals surface area contributed by atoms with Gasteiger partial charge in [-0.1, -0.05) is 72.8 Å². The molecule has 0 spiro atoms. The van der Waals surface area contributed by atoms with Gasteiger partial charge in [0.1, 0.15) is 0 Å². The molecule has 0 amide bonds. The zero-order chi connectivity index (χ0) is 14.1. The summed E-state index contributed by atoms with van der Waals surface area (Å²) in [7, 11) is 0. The predicted octanol–water partition coefficient (Wildman–Crippen LogP) is 4.87. The van der Waals surface area contributed by atoms with Crippen molar-refractivity contribution < 1.29 is 0 Å². The van der Waals surface area contributed by atoms with Crippen molar-refractivity contribution >= 4 is 5.69 Å². The Morgan fingerprint density at radius 3 is 2.19 bits per heavy atom. The Kier molecular flexibility index (Phi) is 2.97. The molecular formula is C20H17N. The number of fused-ring (bicyclic) bond motifs is 3. The lowest BCUT2D eigenvalue weighted by Gasteiger charge is -2.33. The number of para-hydroxylation sites is 1. The minimum Gasteiger partial charge on any atom is -0.362 e. The van der Waals surface area contributed by atoms with Crippen LogP contribution >= 0.6 is 0 Å². The summed E-state index contributed by atoms with van der Waals surface area (Å²) < 4.78 is 0. The third-order valence-corrected chi connectivity index (χ3v) is 4.13. The van der Waals surface area contributed by atoms with E-state index in [4.69, 9.17) is 0 Å². The van der Waals surface area contributed by atoms with Crippen molar-refractivity contribution in [2.45, 2.75) is 13.1 Å². The molecule has 21 heavy (non-hydrogen) atoms. The quantitative estimate of drug-likeness (QED) is 0.642. The molecule has 1 heterocycles. The molecule has 1 heteroatoms. The van der Waals surface area contributed by atoms with Crippen LogP contribution in [0.2, 0.25) is 0 Å². The molecule has 1 aliphatic heterocycles. The van der Waals surface area contributed by atoms with Crippen LogP contribution in [-0.2, 0) is 13.1 Å². The zero-order valence-electron chi connectivity index (χ0n) is 11.9. The lowest BCUT2D eigenvalue weighted by molar-refractivity contribution is 0.792. The van der Waals surface area contributed by atoms with Gasteiger partial charge in [0.15, 0.2) is 0 Å². The fourth-order valence-corrected chi connectivity index (χ4v) is 3.13. The Labute approximate surface area is 125 Å². The highest BCUT2D eigenvalue weighted by atomic mass is 15.1. The summed E-state index contributed by atoms with van der Waals surface area (Å²) in [6.07, 6.45) is 0.